The summed E-state index contributed by atoms with van der Waals surface area (Å²) >= 11 is 1.79. The first kappa shape index (κ1) is 26.6. The van der Waals surface area contributed by atoms with E-state index in [4.69, 9.17) is 9.97 Å². The van der Waals surface area contributed by atoms with Gasteiger partial charge in [0, 0.05) is 17.3 Å². The van der Waals surface area contributed by atoms with Gasteiger partial charge in [-0.2, -0.15) is 0 Å². The Morgan fingerprint density at radius 1 is 0.763 bits per heavy atom. The standard InChI is InChI=1S/C35H40N2S/c1-20(2)24-17-27(21(3)4)31(28(18-24)22(5)6)34-37-30-14-15-36-32(33(30)38-34)25-16-23-12-10-11-13-26(23)29(19-25)35(7,8)9/h10-22H,1-9H3. The highest BCUT2D eigenvalue weighted by Gasteiger charge is 2.23. The van der Waals surface area contributed by atoms with Crippen molar-refractivity contribution in [3.05, 3.63) is 83.0 Å². The van der Waals surface area contributed by atoms with Crippen LogP contribution in [0, 0.1) is 0 Å². The van der Waals surface area contributed by atoms with E-state index in [2.05, 4.69) is 117 Å². The summed E-state index contributed by atoms with van der Waals surface area (Å²) in [5, 5.41) is 3.68. The van der Waals surface area contributed by atoms with Gasteiger partial charge in [0.1, 0.15) is 5.01 Å². The third-order valence-electron chi connectivity index (χ3n) is 7.59. The lowest BCUT2D eigenvalue weighted by Crippen LogP contribution is -2.12. The molecule has 0 atom stereocenters. The number of pyridine rings is 1. The molecule has 0 N–H and O–H groups in total. The topological polar surface area (TPSA) is 25.8 Å². The number of hydrogen-bond acceptors (Lipinski definition) is 3. The summed E-state index contributed by atoms with van der Waals surface area (Å²) in [5.41, 5.74) is 10.1. The lowest BCUT2D eigenvalue weighted by molar-refractivity contribution is 0.596. The highest BCUT2D eigenvalue weighted by atomic mass is 32.1. The molecule has 0 radical (unpaired) electrons. The van der Waals surface area contributed by atoms with E-state index in [1.54, 1.807) is 11.3 Å². The van der Waals surface area contributed by atoms with E-state index in [1.807, 2.05) is 6.20 Å². The van der Waals surface area contributed by atoms with Gasteiger partial charge in [-0.15, -0.1) is 11.3 Å². The molecule has 196 valence electrons. The molecule has 5 rings (SSSR count). The van der Waals surface area contributed by atoms with Gasteiger partial charge in [0.05, 0.1) is 15.9 Å². The van der Waals surface area contributed by atoms with E-state index in [0.717, 1.165) is 26.5 Å². The Bertz CT molecular complexity index is 1600. The van der Waals surface area contributed by atoms with E-state index in [-0.39, 0.29) is 5.41 Å². The van der Waals surface area contributed by atoms with Gasteiger partial charge in [0.25, 0.3) is 0 Å². The third-order valence-corrected chi connectivity index (χ3v) is 8.69. The number of thiazole rings is 1. The second kappa shape index (κ2) is 9.93. The average Bonchev–Trinajstić information content (AvgIpc) is 3.30. The molecule has 3 aromatic carbocycles. The van der Waals surface area contributed by atoms with E-state index in [0.29, 0.717) is 17.8 Å². The molecule has 0 fully saturated rings. The minimum Gasteiger partial charge on any atom is -0.255 e. The monoisotopic (exact) mass is 520 g/mol. The van der Waals surface area contributed by atoms with Gasteiger partial charge in [0.2, 0.25) is 0 Å². The van der Waals surface area contributed by atoms with Crippen molar-refractivity contribution in [3.8, 4) is 21.8 Å². The zero-order chi connectivity index (χ0) is 27.4. The van der Waals surface area contributed by atoms with Crippen molar-refractivity contribution in [2.24, 2.45) is 0 Å². The van der Waals surface area contributed by atoms with Crippen LogP contribution in [0.2, 0.25) is 0 Å². The molecule has 38 heavy (non-hydrogen) atoms. The minimum atomic E-state index is 0.0266. The van der Waals surface area contributed by atoms with E-state index >= 15 is 0 Å². The summed E-state index contributed by atoms with van der Waals surface area (Å²) in [6, 6.07) is 20.3. The maximum absolute atomic E-state index is 5.24. The number of hydrogen-bond donors (Lipinski definition) is 0. The van der Waals surface area contributed by atoms with Crippen LogP contribution in [0.4, 0.5) is 0 Å². The molecular weight excluding hydrogens is 480 g/mol. The summed E-state index contributed by atoms with van der Waals surface area (Å²) in [5.74, 6) is 1.33. The predicted octanol–water partition coefficient (Wildman–Crippen LogP) is 10.8. The van der Waals surface area contributed by atoms with Crippen LogP contribution in [0.1, 0.15) is 102 Å². The summed E-state index contributed by atoms with van der Waals surface area (Å²) in [6.45, 7) is 20.7. The molecule has 0 saturated carbocycles. The molecule has 0 amide bonds. The van der Waals surface area contributed by atoms with Gasteiger partial charge in [-0.1, -0.05) is 98.7 Å². The molecule has 2 aromatic heterocycles. The first-order valence-corrected chi connectivity index (χ1v) is 14.7. The maximum atomic E-state index is 5.24. The Morgan fingerprint density at radius 2 is 1.42 bits per heavy atom. The fourth-order valence-corrected chi connectivity index (χ4v) is 6.60. The van der Waals surface area contributed by atoms with Crippen LogP contribution in [0.25, 0.3) is 42.8 Å². The van der Waals surface area contributed by atoms with Crippen LogP contribution in [0.5, 0.6) is 0 Å². The van der Waals surface area contributed by atoms with E-state index in [9.17, 15) is 0 Å². The van der Waals surface area contributed by atoms with Gasteiger partial charge in [-0.05, 0) is 74.4 Å². The zero-order valence-corrected chi connectivity index (χ0v) is 25.1. The Kier molecular flexibility index (Phi) is 6.94. The fraction of sp³-hybridized carbons (Fsp3) is 0.371. The first-order valence-electron chi connectivity index (χ1n) is 13.9. The van der Waals surface area contributed by atoms with Crippen molar-refractivity contribution in [1.82, 2.24) is 9.97 Å². The Labute approximate surface area is 232 Å². The highest BCUT2D eigenvalue weighted by Crippen LogP contribution is 2.44. The molecule has 0 aliphatic rings. The smallest absolute Gasteiger partial charge is 0.125 e. The molecule has 0 aliphatic heterocycles. The fourth-order valence-electron chi connectivity index (χ4n) is 5.44. The van der Waals surface area contributed by atoms with E-state index < -0.39 is 0 Å². The number of nitrogens with zero attached hydrogens (tertiary/aromatic N) is 2. The van der Waals surface area contributed by atoms with Crippen LogP contribution >= 0.6 is 11.3 Å². The van der Waals surface area contributed by atoms with Gasteiger partial charge in [0.15, 0.2) is 0 Å². The molecular formula is C35H40N2S. The molecule has 0 spiro atoms. The third kappa shape index (κ3) is 4.78. The largest absolute Gasteiger partial charge is 0.255 e. The van der Waals surface area contributed by atoms with Crippen molar-refractivity contribution in [2.75, 3.05) is 0 Å². The Morgan fingerprint density at radius 3 is 2.03 bits per heavy atom. The number of rotatable bonds is 5. The molecule has 3 heteroatoms. The van der Waals surface area contributed by atoms with Crippen molar-refractivity contribution in [3.63, 3.8) is 0 Å². The second-order valence-electron chi connectivity index (χ2n) is 12.6. The molecule has 2 nitrogen and oxygen atoms in total. The van der Waals surface area contributed by atoms with Crippen LogP contribution < -0.4 is 0 Å². The van der Waals surface area contributed by atoms with Crippen LogP contribution in [0.3, 0.4) is 0 Å². The predicted molar refractivity (Wildman–Crippen MR) is 167 cm³/mol. The normalized spacial score (nSPS) is 12.5. The minimum absolute atomic E-state index is 0.0266. The number of aromatic nitrogens is 2. The molecule has 0 aliphatic carbocycles. The lowest BCUT2D eigenvalue weighted by atomic mass is 9.82. The van der Waals surface area contributed by atoms with Gasteiger partial charge in [-0.3, -0.25) is 4.98 Å². The molecule has 0 unspecified atom stereocenters. The average molecular weight is 521 g/mol. The second-order valence-corrected chi connectivity index (χ2v) is 13.6. The first-order chi connectivity index (χ1) is 18.0. The summed E-state index contributed by atoms with van der Waals surface area (Å²) in [6.07, 6.45) is 1.92. The maximum Gasteiger partial charge on any atom is 0.125 e. The summed E-state index contributed by atoms with van der Waals surface area (Å²) in [7, 11) is 0. The van der Waals surface area contributed by atoms with Crippen molar-refractivity contribution < 1.29 is 0 Å². The highest BCUT2D eigenvalue weighted by molar-refractivity contribution is 7.22. The van der Waals surface area contributed by atoms with Crippen molar-refractivity contribution >= 4 is 32.3 Å². The number of benzene rings is 3. The molecule has 5 aromatic rings. The SMILES string of the molecule is CC(C)c1cc(C(C)C)c(-c2nc3ccnc(-c4cc(C(C)(C)C)c5ccccc5c4)c3s2)c(C(C)C)c1. The molecule has 0 bridgehead atoms. The van der Waals surface area contributed by atoms with Crippen LogP contribution in [-0.2, 0) is 5.41 Å². The molecule has 0 saturated heterocycles. The van der Waals surface area contributed by atoms with Crippen LogP contribution in [-0.4, -0.2) is 9.97 Å². The summed E-state index contributed by atoms with van der Waals surface area (Å²) in [4.78, 5) is 10.2. The van der Waals surface area contributed by atoms with Crippen molar-refractivity contribution in [1.29, 1.82) is 0 Å². The van der Waals surface area contributed by atoms with Gasteiger partial charge in [-0.25, -0.2) is 4.98 Å². The van der Waals surface area contributed by atoms with E-state index in [1.165, 1.54) is 38.6 Å². The molecule has 2 heterocycles. The van der Waals surface area contributed by atoms with Gasteiger partial charge >= 0.3 is 0 Å². The quantitative estimate of drug-likeness (QED) is 0.230. The summed E-state index contributed by atoms with van der Waals surface area (Å²) < 4.78 is 1.16. The lowest BCUT2D eigenvalue weighted by Gasteiger charge is -2.22. The van der Waals surface area contributed by atoms with Crippen LogP contribution in [0.15, 0.2) is 60.8 Å². The van der Waals surface area contributed by atoms with Crippen molar-refractivity contribution in [2.45, 2.75) is 85.5 Å². The number of fused-ring (bicyclic) bond motifs is 2. The zero-order valence-electron chi connectivity index (χ0n) is 24.3. The Balaban J connectivity index is 1.77. The Hall–Kier alpha value is -3.04. The van der Waals surface area contributed by atoms with Gasteiger partial charge < -0.3 is 0 Å².